The van der Waals surface area contributed by atoms with E-state index in [4.69, 9.17) is 16.3 Å². The van der Waals surface area contributed by atoms with E-state index in [2.05, 4.69) is 24.5 Å². The maximum atomic E-state index is 6.25. The zero-order chi connectivity index (χ0) is 12.3. The van der Waals surface area contributed by atoms with Crippen LogP contribution in [0.5, 0.6) is 0 Å². The van der Waals surface area contributed by atoms with Crippen molar-refractivity contribution in [3.8, 4) is 0 Å². The summed E-state index contributed by atoms with van der Waals surface area (Å²) in [6.45, 7) is 5.90. The van der Waals surface area contributed by atoms with Gasteiger partial charge >= 0.3 is 0 Å². The number of nitrogens with one attached hydrogen (secondary N) is 1. The van der Waals surface area contributed by atoms with Crippen molar-refractivity contribution in [3.05, 3.63) is 21.3 Å². The fraction of sp³-hybridized carbons (Fsp3) is 0.692. The van der Waals surface area contributed by atoms with Crippen LogP contribution in [-0.2, 0) is 4.74 Å². The molecule has 2 unspecified atom stereocenters. The van der Waals surface area contributed by atoms with Gasteiger partial charge in [-0.3, -0.25) is 0 Å². The maximum absolute atomic E-state index is 6.25. The molecular formula is C13H20ClNOS. The summed E-state index contributed by atoms with van der Waals surface area (Å²) < 4.78 is 5.94. The summed E-state index contributed by atoms with van der Waals surface area (Å²) in [5.41, 5.74) is 0. The first-order valence-electron chi connectivity index (χ1n) is 6.35. The van der Waals surface area contributed by atoms with Gasteiger partial charge in [-0.2, -0.15) is 0 Å². The van der Waals surface area contributed by atoms with E-state index in [1.54, 1.807) is 11.3 Å². The van der Waals surface area contributed by atoms with Gasteiger partial charge in [0.1, 0.15) is 0 Å². The molecule has 1 aromatic rings. The highest BCUT2D eigenvalue weighted by Crippen LogP contribution is 2.42. The standard InChI is InChI=1S/C13H20ClNOS/c1-3-15-11(13-10(14)7-8-17-13)12(16-4-2)9-5-6-9/h7-9,11-12,15H,3-6H2,1-2H3. The third-order valence-corrected chi connectivity index (χ3v) is 4.57. The van der Waals surface area contributed by atoms with Gasteiger partial charge < -0.3 is 10.1 Å². The quantitative estimate of drug-likeness (QED) is 0.814. The Morgan fingerprint density at radius 1 is 1.53 bits per heavy atom. The molecule has 96 valence electrons. The van der Waals surface area contributed by atoms with E-state index in [0.717, 1.165) is 18.2 Å². The van der Waals surface area contributed by atoms with Crippen LogP contribution >= 0.6 is 22.9 Å². The predicted octanol–water partition coefficient (Wildman–Crippen LogP) is 3.87. The van der Waals surface area contributed by atoms with Crippen molar-refractivity contribution >= 4 is 22.9 Å². The van der Waals surface area contributed by atoms with Crippen LogP contribution < -0.4 is 5.32 Å². The van der Waals surface area contributed by atoms with Crippen LogP contribution in [0.3, 0.4) is 0 Å². The number of rotatable bonds is 7. The summed E-state index contributed by atoms with van der Waals surface area (Å²) in [6.07, 6.45) is 2.85. The summed E-state index contributed by atoms with van der Waals surface area (Å²) in [6, 6.07) is 2.22. The Bertz CT molecular complexity index is 351. The first kappa shape index (κ1) is 13.3. The lowest BCUT2D eigenvalue weighted by Gasteiger charge is -2.27. The Labute approximate surface area is 112 Å². The normalized spacial score (nSPS) is 19.2. The molecule has 0 bridgehead atoms. The van der Waals surface area contributed by atoms with Crippen LogP contribution in [0.2, 0.25) is 5.02 Å². The van der Waals surface area contributed by atoms with Gasteiger partial charge in [0.15, 0.2) is 0 Å². The summed E-state index contributed by atoms with van der Waals surface area (Å²) in [5.74, 6) is 0.706. The van der Waals surface area contributed by atoms with Crippen molar-refractivity contribution < 1.29 is 4.74 Å². The highest BCUT2D eigenvalue weighted by Gasteiger charge is 2.38. The third kappa shape index (κ3) is 3.22. The molecule has 0 radical (unpaired) electrons. The molecule has 1 heterocycles. The van der Waals surface area contributed by atoms with Crippen molar-refractivity contribution in [1.82, 2.24) is 5.32 Å². The van der Waals surface area contributed by atoms with E-state index >= 15 is 0 Å². The van der Waals surface area contributed by atoms with Gasteiger partial charge in [-0.05, 0) is 43.7 Å². The van der Waals surface area contributed by atoms with E-state index in [-0.39, 0.29) is 12.1 Å². The topological polar surface area (TPSA) is 21.3 Å². The summed E-state index contributed by atoms with van der Waals surface area (Å²) in [5, 5.41) is 6.45. The third-order valence-electron chi connectivity index (χ3n) is 3.13. The average molecular weight is 274 g/mol. The maximum Gasteiger partial charge on any atom is 0.0806 e. The minimum Gasteiger partial charge on any atom is -0.376 e. The van der Waals surface area contributed by atoms with Crippen LogP contribution in [0.4, 0.5) is 0 Å². The monoisotopic (exact) mass is 273 g/mol. The number of likely N-dealkylation sites (N-methyl/N-ethyl adjacent to an activating group) is 1. The fourth-order valence-corrected chi connectivity index (χ4v) is 3.51. The van der Waals surface area contributed by atoms with E-state index < -0.39 is 0 Å². The number of hydrogen-bond donors (Lipinski definition) is 1. The summed E-state index contributed by atoms with van der Waals surface area (Å²) in [4.78, 5) is 1.22. The minimum atomic E-state index is 0.250. The summed E-state index contributed by atoms with van der Waals surface area (Å²) in [7, 11) is 0. The first-order chi connectivity index (χ1) is 8.27. The Morgan fingerprint density at radius 2 is 2.29 bits per heavy atom. The van der Waals surface area contributed by atoms with Crippen molar-refractivity contribution in [2.75, 3.05) is 13.2 Å². The Hall–Kier alpha value is -0.0900. The highest BCUT2D eigenvalue weighted by molar-refractivity contribution is 7.10. The molecule has 0 spiro atoms. The lowest BCUT2D eigenvalue weighted by molar-refractivity contribution is 0.0198. The van der Waals surface area contributed by atoms with Gasteiger partial charge in [0.2, 0.25) is 0 Å². The minimum absolute atomic E-state index is 0.250. The van der Waals surface area contributed by atoms with Crippen LogP contribution in [0.25, 0.3) is 0 Å². The molecule has 1 fully saturated rings. The average Bonchev–Trinajstić information content (AvgIpc) is 3.07. The Morgan fingerprint density at radius 3 is 2.76 bits per heavy atom. The van der Waals surface area contributed by atoms with Crippen molar-refractivity contribution in [1.29, 1.82) is 0 Å². The fourth-order valence-electron chi connectivity index (χ4n) is 2.23. The van der Waals surface area contributed by atoms with E-state index in [1.165, 1.54) is 17.7 Å². The molecule has 1 aliphatic rings. The first-order valence-corrected chi connectivity index (χ1v) is 7.61. The van der Waals surface area contributed by atoms with Gasteiger partial charge in [-0.15, -0.1) is 11.3 Å². The zero-order valence-electron chi connectivity index (χ0n) is 10.4. The molecule has 2 rings (SSSR count). The van der Waals surface area contributed by atoms with Gasteiger partial charge in [0.25, 0.3) is 0 Å². The molecule has 4 heteroatoms. The molecule has 2 nitrogen and oxygen atoms in total. The summed E-state index contributed by atoms with van der Waals surface area (Å²) >= 11 is 7.98. The lowest BCUT2D eigenvalue weighted by atomic mass is 10.0. The van der Waals surface area contributed by atoms with Crippen LogP contribution in [0, 0.1) is 5.92 Å². The van der Waals surface area contributed by atoms with Gasteiger partial charge in [-0.1, -0.05) is 18.5 Å². The van der Waals surface area contributed by atoms with Gasteiger partial charge in [0.05, 0.1) is 17.2 Å². The number of ether oxygens (including phenoxy) is 1. The smallest absolute Gasteiger partial charge is 0.0806 e. The van der Waals surface area contributed by atoms with Gasteiger partial charge in [-0.25, -0.2) is 0 Å². The van der Waals surface area contributed by atoms with Gasteiger partial charge in [0, 0.05) is 11.5 Å². The number of hydrogen-bond acceptors (Lipinski definition) is 3. The van der Waals surface area contributed by atoms with Crippen LogP contribution in [0.1, 0.15) is 37.6 Å². The largest absolute Gasteiger partial charge is 0.376 e. The van der Waals surface area contributed by atoms with Crippen molar-refractivity contribution in [2.24, 2.45) is 5.92 Å². The molecule has 0 aliphatic heterocycles. The second-order valence-corrected chi connectivity index (χ2v) is 5.78. The lowest BCUT2D eigenvalue weighted by Crippen LogP contribution is -2.35. The SMILES string of the molecule is CCNC(c1sccc1Cl)C(OCC)C1CC1. The second-order valence-electron chi connectivity index (χ2n) is 4.43. The molecule has 1 aromatic heterocycles. The molecule has 1 saturated carbocycles. The number of halogens is 1. The Kier molecular flexibility index (Phi) is 4.86. The van der Waals surface area contributed by atoms with Crippen molar-refractivity contribution in [3.63, 3.8) is 0 Å². The molecule has 0 saturated heterocycles. The van der Waals surface area contributed by atoms with Crippen LogP contribution in [-0.4, -0.2) is 19.3 Å². The van der Waals surface area contributed by atoms with E-state index in [0.29, 0.717) is 5.92 Å². The predicted molar refractivity (Wildman–Crippen MR) is 73.9 cm³/mol. The highest BCUT2D eigenvalue weighted by atomic mass is 35.5. The van der Waals surface area contributed by atoms with E-state index in [9.17, 15) is 0 Å². The zero-order valence-corrected chi connectivity index (χ0v) is 12.0. The molecule has 1 aliphatic carbocycles. The van der Waals surface area contributed by atoms with Crippen LogP contribution in [0.15, 0.2) is 11.4 Å². The molecule has 2 atom stereocenters. The second kappa shape index (κ2) is 6.19. The molecular weight excluding hydrogens is 254 g/mol. The molecule has 0 aromatic carbocycles. The molecule has 1 N–H and O–H groups in total. The van der Waals surface area contributed by atoms with E-state index in [1.807, 2.05) is 6.07 Å². The molecule has 17 heavy (non-hydrogen) atoms. The van der Waals surface area contributed by atoms with Crippen molar-refractivity contribution in [2.45, 2.75) is 38.8 Å². The Balaban J connectivity index is 2.17. The number of thiophene rings is 1. The molecule has 0 amide bonds.